The summed E-state index contributed by atoms with van der Waals surface area (Å²) in [5.41, 5.74) is 4.89. The molecule has 0 radical (unpaired) electrons. The number of ketones is 1. The molecule has 1 aliphatic carbocycles. The molecule has 5 aromatic carbocycles. The second-order valence-corrected chi connectivity index (χ2v) is 18.4. The van der Waals surface area contributed by atoms with Gasteiger partial charge in [-0.3, -0.25) is 9.59 Å². The summed E-state index contributed by atoms with van der Waals surface area (Å²) in [5, 5.41) is 4.05. The Labute approximate surface area is 346 Å². The summed E-state index contributed by atoms with van der Waals surface area (Å²) in [4.78, 5) is 32.6. The lowest BCUT2D eigenvalue weighted by molar-refractivity contribution is 0.104. The van der Waals surface area contributed by atoms with Gasteiger partial charge in [-0.1, -0.05) is 133 Å². The maximum absolute atomic E-state index is 15.0. The van der Waals surface area contributed by atoms with Crippen LogP contribution < -0.4 is 20.3 Å². The molecule has 1 heterocycles. The number of pyridine rings is 1. The molecule has 0 spiro atoms. The fraction of sp³-hybridized carbons (Fsp3) is 0.292. The lowest BCUT2D eigenvalue weighted by Crippen LogP contribution is -2.25. The zero-order valence-electron chi connectivity index (χ0n) is 34.1. The van der Waals surface area contributed by atoms with E-state index in [0.29, 0.717) is 51.0 Å². The minimum Gasteiger partial charge on any atom is -0.455 e. The van der Waals surface area contributed by atoms with Gasteiger partial charge in [-0.2, -0.15) is 0 Å². The second-order valence-electron chi connectivity index (χ2n) is 16.3. The van der Waals surface area contributed by atoms with Crippen LogP contribution in [0.25, 0.3) is 33.2 Å². The highest BCUT2D eigenvalue weighted by Crippen LogP contribution is 2.51. The largest absolute Gasteiger partial charge is 0.455 e. The minimum absolute atomic E-state index is 0.0235. The number of ether oxygens (including phenoxy) is 1. The van der Waals surface area contributed by atoms with Gasteiger partial charge in [-0.15, -0.1) is 0 Å². The maximum Gasteiger partial charge on any atom is 0.257 e. The number of carbonyl (C=O) groups excluding carboxylic acids is 1. The van der Waals surface area contributed by atoms with Gasteiger partial charge < -0.3 is 15.0 Å². The Hall–Kier alpha value is -5.22. The standard InChI is InChI=1S/C48H50ClN3O5S/c1-8-11-26-50-58(55,56)38-23-16-15-22-34(38)51-35-28-37(57-36-25-24-30(47(4,5)9-2)27-32(36)48(6,7)10-3)44-43-41(39(46(54)52-44)29-18-13-12-14-19-29)31-20-17-21-33(49)40(31)45(53)42(35)43/h12-25,27-28,50-51H,8-11,26H2,1-7H3,(H,52,54). The number of para-hydroxylation sites is 1. The van der Waals surface area contributed by atoms with Crippen molar-refractivity contribution in [3.8, 4) is 33.8 Å². The number of aromatic nitrogens is 1. The van der Waals surface area contributed by atoms with Gasteiger partial charge >= 0.3 is 0 Å². The van der Waals surface area contributed by atoms with Crippen LogP contribution >= 0.6 is 11.6 Å². The molecule has 0 saturated carbocycles. The lowest BCUT2D eigenvalue weighted by atomic mass is 9.76. The van der Waals surface area contributed by atoms with Crippen molar-refractivity contribution >= 4 is 49.7 Å². The van der Waals surface area contributed by atoms with Crippen molar-refractivity contribution in [2.24, 2.45) is 0 Å². The first-order valence-electron chi connectivity index (χ1n) is 20.0. The van der Waals surface area contributed by atoms with Crippen molar-refractivity contribution in [3.05, 3.63) is 135 Å². The number of halogens is 1. The Bertz CT molecular complexity index is 2740. The molecule has 0 amide bonds. The van der Waals surface area contributed by atoms with Crippen LogP contribution in [-0.2, 0) is 20.9 Å². The van der Waals surface area contributed by atoms with Crippen LogP contribution in [0.5, 0.6) is 11.5 Å². The number of hydrogen-bond donors (Lipinski definition) is 3. The van der Waals surface area contributed by atoms with Crippen LogP contribution in [0, 0.1) is 0 Å². The number of H-pyrrole nitrogens is 1. The summed E-state index contributed by atoms with van der Waals surface area (Å²) in [6, 6.07) is 29.1. The molecule has 0 saturated heterocycles. The van der Waals surface area contributed by atoms with E-state index in [1.165, 1.54) is 11.6 Å². The molecule has 300 valence electrons. The fourth-order valence-electron chi connectivity index (χ4n) is 7.59. The number of rotatable bonds is 14. The molecule has 3 N–H and O–H groups in total. The van der Waals surface area contributed by atoms with Gasteiger partial charge in [0.15, 0.2) is 11.5 Å². The highest BCUT2D eigenvalue weighted by Gasteiger charge is 2.36. The van der Waals surface area contributed by atoms with Gasteiger partial charge in [0.2, 0.25) is 10.0 Å². The molecule has 8 nitrogen and oxygen atoms in total. The van der Waals surface area contributed by atoms with Gasteiger partial charge in [-0.25, -0.2) is 13.1 Å². The molecule has 58 heavy (non-hydrogen) atoms. The van der Waals surface area contributed by atoms with E-state index >= 15 is 0 Å². The third kappa shape index (κ3) is 7.36. The van der Waals surface area contributed by atoms with Crippen molar-refractivity contribution < 1.29 is 17.9 Å². The van der Waals surface area contributed by atoms with E-state index < -0.39 is 10.0 Å². The van der Waals surface area contributed by atoms with Crippen molar-refractivity contribution in [2.45, 2.75) is 89.9 Å². The van der Waals surface area contributed by atoms with Gasteiger partial charge in [0, 0.05) is 34.7 Å². The number of hydrogen-bond acceptors (Lipinski definition) is 6. The topological polar surface area (TPSA) is 117 Å². The van der Waals surface area contributed by atoms with Crippen molar-refractivity contribution in [1.82, 2.24) is 9.71 Å². The number of fused-ring (bicyclic) bond motifs is 2. The van der Waals surface area contributed by atoms with E-state index in [2.05, 4.69) is 68.7 Å². The molecule has 1 aromatic heterocycles. The quantitative estimate of drug-likeness (QED) is 0.0941. The monoisotopic (exact) mass is 815 g/mol. The molecule has 0 unspecified atom stereocenters. The molecule has 1 aliphatic rings. The maximum atomic E-state index is 15.0. The average molecular weight is 816 g/mol. The Morgan fingerprint density at radius 2 is 1.43 bits per heavy atom. The molecule has 0 atom stereocenters. The number of sulfonamides is 1. The summed E-state index contributed by atoms with van der Waals surface area (Å²) < 4.78 is 37.2. The Morgan fingerprint density at radius 3 is 2.14 bits per heavy atom. The van der Waals surface area contributed by atoms with Gasteiger partial charge in [-0.05, 0) is 71.0 Å². The molecule has 10 heteroatoms. The van der Waals surface area contributed by atoms with E-state index in [1.807, 2.05) is 49.4 Å². The smallest absolute Gasteiger partial charge is 0.257 e. The lowest BCUT2D eigenvalue weighted by Gasteiger charge is -2.31. The number of aromatic amines is 1. The third-order valence-corrected chi connectivity index (χ3v) is 13.6. The predicted octanol–water partition coefficient (Wildman–Crippen LogP) is 12.0. The van der Waals surface area contributed by atoms with E-state index in [9.17, 15) is 18.0 Å². The van der Waals surface area contributed by atoms with E-state index in [0.717, 1.165) is 24.8 Å². The van der Waals surface area contributed by atoms with Crippen molar-refractivity contribution in [1.29, 1.82) is 0 Å². The van der Waals surface area contributed by atoms with Gasteiger partial charge in [0.25, 0.3) is 5.56 Å². The van der Waals surface area contributed by atoms with Crippen LogP contribution in [0.3, 0.4) is 0 Å². The highest BCUT2D eigenvalue weighted by molar-refractivity contribution is 7.89. The first-order valence-corrected chi connectivity index (χ1v) is 21.8. The van der Waals surface area contributed by atoms with Crippen molar-refractivity contribution in [3.63, 3.8) is 0 Å². The Kier molecular flexibility index (Phi) is 11.2. The summed E-state index contributed by atoms with van der Waals surface area (Å²) in [6.45, 7) is 15.4. The molecular weight excluding hydrogens is 766 g/mol. The zero-order chi connectivity index (χ0) is 41.6. The van der Waals surface area contributed by atoms with E-state index in [-0.39, 0.29) is 61.2 Å². The van der Waals surface area contributed by atoms with Crippen LogP contribution in [0.15, 0.2) is 107 Å². The number of benzene rings is 5. The molecule has 7 rings (SSSR count). The summed E-state index contributed by atoms with van der Waals surface area (Å²) >= 11 is 6.86. The number of carbonyl (C=O) groups is 1. The molecule has 6 aromatic rings. The Morgan fingerprint density at radius 1 is 0.724 bits per heavy atom. The van der Waals surface area contributed by atoms with Crippen molar-refractivity contribution in [2.75, 3.05) is 11.9 Å². The average Bonchev–Trinajstić information content (AvgIpc) is 3.20. The molecule has 0 aliphatic heterocycles. The highest BCUT2D eigenvalue weighted by atomic mass is 35.5. The van der Waals surface area contributed by atoms with Gasteiger partial charge in [0.1, 0.15) is 10.6 Å². The number of anilines is 2. The van der Waals surface area contributed by atoms with Crippen LogP contribution in [0.1, 0.15) is 101 Å². The summed E-state index contributed by atoms with van der Waals surface area (Å²) in [5.74, 6) is 0.514. The normalized spacial score (nSPS) is 12.8. The van der Waals surface area contributed by atoms with Crippen LogP contribution in [0.4, 0.5) is 11.4 Å². The number of unbranched alkanes of at least 4 members (excludes halogenated alkanes) is 1. The fourth-order valence-corrected chi connectivity index (χ4v) is 9.09. The van der Waals surface area contributed by atoms with Gasteiger partial charge in [0.05, 0.1) is 33.0 Å². The van der Waals surface area contributed by atoms with Crippen LogP contribution in [-0.4, -0.2) is 25.7 Å². The SMILES string of the molecule is CCCCNS(=O)(=O)c1ccccc1Nc1cc(Oc2ccc(C(C)(C)CC)cc2C(C)(C)CC)c2[nH]c(=O)c(-c3ccccc3)c3c2c1C(=O)c1c(Cl)cccc1-3. The van der Waals surface area contributed by atoms with E-state index in [1.54, 1.807) is 36.4 Å². The Balaban J connectivity index is 1.57. The first kappa shape index (κ1) is 41.0. The zero-order valence-corrected chi connectivity index (χ0v) is 35.7. The first-order chi connectivity index (χ1) is 27.6. The van der Waals surface area contributed by atoms with Crippen LogP contribution in [0.2, 0.25) is 5.02 Å². The minimum atomic E-state index is -3.96. The third-order valence-electron chi connectivity index (χ3n) is 11.8. The number of nitrogens with one attached hydrogen (secondary N) is 3. The molecule has 0 bridgehead atoms. The van der Waals surface area contributed by atoms with E-state index in [4.69, 9.17) is 16.3 Å². The molecule has 0 fully saturated rings. The summed E-state index contributed by atoms with van der Waals surface area (Å²) in [6.07, 6.45) is 3.27. The predicted molar refractivity (Wildman–Crippen MR) is 237 cm³/mol. The molecular formula is C48H50ClN3O5S. The summed E-state index contributed by atoms with van der Waals surface area (Å²) in [7, 11) is -3.96. The second kappa shape index (κ2) is 15.9.